The molecule has 0 fully saturated rings. The normalized spacial score (nSPS) is 10.3. The molecule has 0 aliphatic rings. The molecule has 0 aliphatic carbocycles. The van der Waals surface area contributed by atoms with Gasteiger partial charge in [-0.25, -0.2) is 9.78 Å². The fraction of sp³-hybridized carbons (Fsp3) is 0.100. The molecule has 0 spiro atoms. The zero-order chi connectivity index (χ0) is 17.5. The summed E-state index contributed by atoms with van der Waals surface area (Å²) < 4.78 is 10.8. The third-order valence-corrected chi connectivity index (χ3v) is 3.73. The molecule has 0 saturated heterocycles. The average Bonchev–Trinajstić information content (AvgIpc) is 2.67. The van der Waals surface area contributed by atoms with E-state index in [1.165, 1.54) is 0 Å². The van der Waals surface area contributed by atoms with E-state index in [4.69, 9.17) is 21.1 Å². The van der Waals surface area contributed by atoms with Gasteiger partial charge in [0, 0.05) is 17.3 Å². The maximum absolute atomic E-state index is 11.9. The third kappa shape index (κ3) is 4.81. The van der Waals surface area contributed by atoms with Crippen LogP contribution in [0.3, 0.4) is 0 Å². The van der Waals surface area contributed by atoms with Crippen molar-refractivity contribution in [1.29, 1.82) is 0 Å². The van der Waals surface area contributed by atoms with Gasteiger partial charge >= 0.3 is 5.97 Å². The Hall–Kier alpha value is -2.85. The quantitative estimate of drug-likeness (QED) is 0.482. The minimum absolute atomic E-state index is 0.132. The van der Waals surface area contributed by atoms with Crippen molar-refractivity contribution in [2.45, 2.75) is 6.61 Å². The second-order valence-electron chi connectivity index (χ2n) is 5.30. The van der Waals surface area contributed by atoms with Crippen LogP contribution in [-0.4, -0.2) is 17.6 Å². The van der Waals surface area contributed by atoms with Crippen molar-refractivity contribution in [1.82, 2.24) is 4.98 Å². The number of halogens is 1. The largest absolute Gasteiger partial charge is 0.481 e. The van der Waals surface area contributed by atoms with Crippen LogP contribution in [0.2, 0.25) is 5.15 Å². The SMILES string of the molecule is O=C(COc1ccccc1-c1ccccc1)OCc1ccc(Cl)nc1. The van der Waals surface area contributed by atoms with Gasteiger partial charge in [-0.3, -0.25) is 0 Å². The molecule has 4 nitrogen and oxygen atoms in total. The van der Waals surface area contributed by atoms with E-state index in [9.17, 15) is 4.79 Å². The molecule has 1 heterocycles. The molecule has 0 atom stereocenters. The van der Waals surface area contributed by atoms with Crippen LogP contribution in [0.4, 0.5) is 0 Å². The van der Waals surface area contributed by atoms with Crippen LogP contribution in [0.25, 0.3) is 11.1 Å². The first-order chi connectivity index (χ1) is 12.2. The van der Waals surface area contributed by atoms with Gasteiger partial charge in [0.1, 0.15) is 17.5 Å². The summed E-state index contributed by atoms with van der Waals surface area (Å²) in [6.45, 7) is -0.0302. The minimum Gasteiger partial charge on any atom is -0.481 e. The molecular formula is C20H16ClNO3. The van der Waals surface area contributed by atoms with Crippen molar-refractivity contribution in [2.24, 2.45) is 0 Å². The summed E-state index contributed by atoms with van der Waals surface area (Å²) in [4.78, 5) is 15.8. The van der Waals surface area contributed by atoms with E-state index in [1.807, 2.05) is 54.6 Å². The predicted molar refractivity (Wildman–Crippen MR) is 96.4 cm³/mol. The second kappa shape index (κ2) is 8.31. The first-order valence-electron chi connectivity index (χ1n) is 7.76. The highest BCUT2D eigenvalue weighted by atomic mass is 35.5. The number of hydrogen-bond acceptors (Lipinski definition) is 4. The van der Waals surface area contributed by atoms with Crippen LogP contribution in [-0.2, 0) is 16.1 Å². The monoisotopic (exact) mass is 353 g/mol. The number of pyridine rings is 1. The molecule has 0 aliphatic heterocycles. The lowest BCUT2D eigenvalue weighted by molar-refractivity contribution is -0.147. The highest BCUT2D eigenvalue weighted by Gasteiger charge is 2.09. The molecule has 0 bridgehead atoms. The van der Waals surface area contributed by atoms with E-state index in [-0.39, 0.29) is 13.2 Å². The van der Waals surface area contributed by atoms with Gasteiger partial charge in [0.05, 0.1) is 0 Å². The zero-order valence-corrected chi connectivity index (χ0v) is 14.1. The molecule has 126 valence electrons. The maximum atomic E-state index is 11.9. The Morgan fingerprint density at radius 1 is 0.960 bits per heavy atom. The molecule has 25 heavy (non-hydrogen) atoms. The van der Waals surface area contributed by atoms with Crippen LogP contribution in [0.1, 0.15) is 5.56 Å². The lowest BCUT2D eigenvalue weighted by Crippen LogP contribution is -2.15. The topological polar surface area (TPSA) is 48.4 Å². The number of nitrogens with zero attached hydrogens (tertiary/aromatic N) is 1. The number of para-hydroxylation sites is 1. The van der Waals surface area contributed by atoms with E-state index in [2.05, 4.69) is 4.98 Å². The molecule has 2 aromatic carbocycles. The Kier molecular flexibility index (Phi) is 5.65. The number of ether oxygens (including phenoxy) is 2. The van der Waals surface area contributed by atoms with Gasteiger partial charge in [-0.1, -0.05) is 66.2 Å². The third-order valence-electron chi connectivity index (χ3n) is 3.51. The zero-order valence-electron chi connectivity index (χ0n) is 13.4. The van der Waals surface area contributed by atoms with Crippen LogP contribution >= 0.6 is 11.6 Å². The predicted octanol–water partition coefficient (Wildman–Crippen LogP) is 4.52. The number of esters is 1. The highest BCUT2D eigenvalue weighted by molar-refractivity contribution is 6.29. The first kappa shape index (κ1) is 17.0. The summed E-state index contributed by atoms with van der Waals surface area (Å²) in [5, 5.41) is 0.399. The van der Waals surface area contributed by atoms with Crippen LogP contribution < -0.4 is 4.74 Å². The Bertz CT molecular complexity index is 835. The number of aromatic nitrogens is 1. The maximum Gasteiger partial charge on any atom is 0.344 e. The van der Waals surface area contributed by atoms with Crippen LogP contribution in [0, 0.1) is 0 Å². The summed E-state index contributed by atoms with van der Waals surface area (Å²) >= 11 is 5.72. The standard InChI is InChI=1S/C20H16ClNO3/c21-19-11-10-15(12-22-19)13-25-20(23)14-24-18-9-5-4-8-17(18)16-6-2-1-3-7-16/h1-12H,13-14H2. The van der Waals surface area contributed by atoms with E-state index in [1.54, 1.807) is 18.3 Å². The molecule has 5 heteroatoms. The van der Waals surface area contributed by atoms with Gasteiger partial charge in [-0.2, -0.15) is 0 Å². The molecule has 0 amide bonds. The van der Waals surface area contributed by atoms with Gasteiger partial charge in [-0.15, -0.1) is 0 Å². The van der Waals surface area contributed by atoms with Crippen molar-refractivity contribution in [3.8, 4) is 16.9 Å². The van der Waals surface area contributed by atoms with Gasteiger partial charge < -0.3 is 9.47 Å². The summed E-state index contributed by atoms with van der Waals surface area (Å²) in [7, 11) is 0. The molecule has 0 N–H and O–H groups in total. The molecule has 3 rings (SSSR count). The second-order valence-corrected chi connectivity index (χ2v) is 5.69. The van der Waals surface area contributed by atoms with E-state index in [0.29, 0.717) is 10.9 Å². The van der Waals surface area contributed by atoms with Gasteiger partial charge in [-0.05, 0) is 17.7 Å². The summed E-state index contributed by atoms with van der Waals surface area (Å²) in [5.74, 6) is 0.191. The van der Waals surface area contributed by atoms with Gasteiger partial charge in [0.2, 0.25) is 0 Å². The summed E-state index contributed by atoms with van der Waals surface area (Å²) in [6, 6.07) is 20.9. The van der Waals surface area contributed by atoms with E-state index in [0.717, 1.165) is 16.7 Å². The van der Waals surface area contributed by atoms with Gasteiger partial charge in [0.25, 0.3) is 0 Å². The molecule has 0 saturated carbocycles. The Morgan fingerprint density at radius 2 is 1.72 bits per heavy atom. The fourth-order valence-electron chi connectivity index (χ4n) is 2.28. The number of rotatable bonds is 6. The molecular weight excluding hydrogens is 338 g/mol. The number of carbonyl (C=O) groups excluding carboxylic acids is 1. The fourth-order valence-corrected chi connectivity index (χ4v) is 2.39. The minimum atomic E-state index is -0.446. The van der Waals surface area contributed by atoms with Crippen molar-refractivity contribution >= 4 is 17.6 Å². The van der Waals surface area contributed by atoms with Crippen molar-refractivity contribution in [3.05, 3.63) is 83.6 Å². The van der Waals surface area contributed by atoms with E-state index >= 15 is 0 Å². The molecule has 3 aromatic rings. The number of carbonyl (C=O) groups is 1. The van der Waals surface area contributed by atoms with Crippen molar-refractivity contribution in [3.63, 3.8) is 0 Å². The Labute approximate surface area is 151 Å². The van der Waals surface area contributed by atoms with Gasteiger partial charge in [0.15, 0.2) is 6.61 Å². The Morgan fingerprint density at radius 3 is 2.48 bits per heavy atom. The van der Waals surface area contributed by atoms with E-state index < -0.39 is 5.97 Å². The number of hydrogen-bond donors (Lipinski definition) is 0. The number of benzene rings is 2. The van der Waals surface area contributed by atoms with Crippen LogP contribution in [0.15, 0.2) is 72.9 Å². The molecule has 0 radical (unpaired) electrons. The lowest BCUT2D eigenvalue weighted by atomic mass is 10.1. The lowest BCUT2D eigenvalue weighted by Gasteiger charge is -2.11. The first-order valence-corrected chi connectivity index (χ1v) is 8.13. The van der Waals surface area contributed by atoms with Crippen molar-refractivity contribution < 1.29 is 14.3 Å². The summed E-state index contributed by atoms with van der Waals surface area (Å²) in [5.41, 5.74) is 2.72. The molecule has 1 aromatic heterocycles. The molecule has 0 unspecified atom stereocenters. The average molecular weight is 354 g/mol. The van der Waals surface area contributed by atoms with Crippen LogP contribution in [0.5, 0.6) is 5.75 Å². The Balaban J connectivity index is 1.58. The van der Waals surface area contributed by atoms with Crippen molar-refractivity contribution in [2.75, 3.05) is 6.61 Å². The highest BCUT2D eigenvalue weighted by Crippen LogP contribution is 2.29. The smallest absolute Gasteiger partial charge is 0.344 e. The summed E-state index contributed by atoms with van der Waals surface area (Å²) in [6.07, 6.45) is 1.57.